The Morgan fingerprint density at radius 1 is 1.23 bits per heavy atom. The lowest BCUT2D eigenvalue weighted by Crippen LogP contribution is -2.14. The molecule has 22 heavy (non-hydrogen) atoms. The number of halogens is 1. The number of benzene rings is 1. The molecule has 1 heterocycles. The van der Waals surface area contributed by atoms with E-state index in [0.29, 0.717) is 5.13 Å². The number of aryl methyl sites for hydroxylation is 1. The molecule has 0 saturated heterocycles. The van der Waals surface area contributed by atoms with E-state index in [1.165, 1.54) is 11.3 Å². The van der Waals surface area contributed by atoms with E-state index in [1.807, 2.05) is 21.0 Å². The molecule has 0 saturated carbocycles. The van der Waals surface area contributed by atoms with Crippen LogP contribution in [0.2, 0.25) is 0 Å². The van der Waals surface area contributed by atoms with Gasteiger partial charge in [-0.3, -0.25) is 4.72 Å². The predicted octanol–water partition coefficient (Wildman–Crippen LogP) is 2.78. The summed E-state index contributed by atoms with van der Waals surface area (Å²) in [5.74, 6) is 0. The monoisotopic (exact) mass is 361 g/mol. The first-order valence-electron chi connectivity index (χ1n) is 6.56. The second-order valence-electron chi connectivity index (χ2n) is 5.10. The largest absolute Gasteiger partial charge is 0.309 e. The number of thiazole rings is 1. The van der Waals surface area contributed by atoms with E-state index < -0.39 is 10.0 Å². The van der Waals surface area contributed by atoms with E-state index in [2.05, 4.69) is 14.6 Å². The molecule has 122 valence electrons. The van der Waals surface area contributed by atoms with Gasteiger partial charge in [-0.25, -0.2) is 13.4 Å². The summed E-state index contributed by atoms with van der Waals surface area (Å²) in [5.41, 5.74) is 1.02. The van der Waals surface area contributed by atoms with Gasteiger partial charge in [0, 0.05) is 17.6 Å². The Morgan fingerprint density at radius 2 is 1.86 bits per heavy atom. The van der Waals surface area contributed by atoms with Crippen LogP contribution < -0.4 is 4.72 Å². The van der Waals surface area contributed by atoms with Crippen molar-refractivity contribution < 1.29 is 8.42 Å². The molecule has 1 aromatic carbocycles. The molecule has 0 amide bonds. The van der Waals surface area contributed by atoms with Crippen LogP contribution in [0, 0.1) is 6.92 Å². The summed E-state index contributed by atoms with van der Waals surface area (Å²) in [6.45, 7) is 2.83. The first-order valence-corrected chi connectivity index (χ1v) is 8.86. The van der Waals surface area contributed by atoms with Crippen LogP contribution >= 0.6 is 23.7 Å². The lowest BCUT2D eigenvalue weighted by molar-refractivity contribution is 0.415. The van der Waals surface area contributed by atoms with Gasteiger partial charge in [-0.05, 0) is 39.6 Å². The third-order valence-corrected chi connectivity index (χ3v) is 5.37. The van der Waals surface area contributed by atoms with Crippen LogP contribution in [0.4, 0.5) is 5.13 Å². The fourth-order valence-corrected chi connectivity index (χ4v) is 3.74. The Labute approximate surface area is 141 Å². The summed E-state index contributed by atoms with van der Waals surface area (Å²) in [5, 5.41) is 0.407. The van der Waals surface area contributed by atoms with Crippen molar-refractivity contribution in [2.45, 2.75) is 18.2 Å². The number of sulfonamides is 1. The molecule has 0 aliphatic rings. The molecule has 2 rings (SSSR count). The summed E-state index contributed by atoms with van der Waals surface area (Å²) in [6, 6.07) is 6.74. The van der Waals surface area contributed by atoms with Gasteiger partial charge < -0.3 is 4.90 Å². The van der Waals surface area contributed by atoms with Gasteiger partial charge in [0.15, 0.2) is 5.13 Å². The van der Waals surface area contributed by atoms with Crippen molar-refractivity contribution >= 4 is 38.9 Å². The molecular formula is C14H20ClN3O2S2. The molecule has 0 aliphatic heterocycles. The fraction of sp³-hybridized carbons (Fsp3) is 0.357. The van der Waals surface area contributed by atoms with Gasteiger partial charge in [0.25, 0.3) is 10.0 Å². The molecule has 0 atom stereocenters. The van der Waals surface area contributed by atoms with Gasteiger partial charge in [0.1, 0.15) is 0 Å². The van der Waals surface area contributed by atoms with Crippen molar-refractivity contribution in [2.75, 3.05) is 25.4 Å². The van der Waals surface area contributed by atoms with Crippen LogP contribution in [-0.4, -0.2) is 38.9 Å². The summed E-state index contributed by atoms with van der Waals surface area (Å²) < 4.78 is 27.0. The zero-order chi connectivity index (χ0) is 15.5. The third kappa shape index (κ3) is 5.24. The number of hydrogen-bond donors (Lipinski definition) is 1. The number of likely N-dealkylation sites (N-methyl/N-ethyl adjacent to an activating group) is 1. The molecule has 0 spiro atoms. The van der Waals surface area contributed by atoms with Gasteiger partial charge in [0.2, 0.25) is 0 Å². The van der Waals surface area contributed by atoms with Crippen LogP contribution in [0.3, 0.4) is 0 Å². The topological polar surface area (TPSA) is 62.3 Å². The SMILES string of the molecule is Cc1ccc(S(=O)(=O)Nc2ncc(CCN(C)C)s2)cc1.Cl. The zero-order valence-corrected chi connectivity index (χ0v) is 15.2. The number of nitrogens with zero attached hydrogens (tertiary/aromatic N) is 2. The zero-order valence-electron chi connectivity index (χ0n) is 12.7. The summed E-state index contributed by atoms with van der Waals surface area (Å²) in [7, 11) is 0.444. The number of anilines is 1. The Balaban J connectivity index is 0.00000242. The minimum absolute atomic E-state index is 0. The number of aromatic nitrogens is 1. The average Bonchev–Trinajstić information content (AvgIpc) is 2.84. The Bertz CT molecular complexity index is 697. The lowest BCUT2D eigenvalue weighted by atomic mass is 10.2. The number of hydrogen-bond acceptors (Lipinski definition) is 5. The maximum absolute atomic E-state index is 12.2. The first kappa shape index (κ1) is 18.9. The molecule has 0 bridgehead atoms. The Morgan fingerprint density at radius 3 is 2.45 bits per heavy atom. The van der Waals surface area contributed by atoms with Crippen LogP contribution in [0.15, 0.2) is 35.4 Å². The molecule has 0 unspecified atom stereocenters. The van der Waals surface area contributed by atoms with Crippen molar-refractivity contribution in [2.24, 2.45) is 0 Å². The molecular weight excluding hydrogens is 342 g/mol. The van der Waals surface area contributed by atoms with Crippen molar-refractivity contribution in [3.05, 3.63) is 40.9 Å². The highest BCUT2D eigenvalue weighted by Crippen LogP contribution is 2.22. The van der Waals surface area contributed by atoms with Crippen LogP contribution in [0.1, 0.15) is 10.4 Å². The fourth-order valence-electron chi connectivity index (χ4n) is 1.70. The minimum Gasteiger partial charge on any atom is -0.309 e. The van der Waals surface area contributed by atoms with Gasteiger partial charge in [-0.2, -0.15) is 0 Å². The Kier molecular flexibility index (Phi) is 6.80. The predicted molar refractivity (Wildman–Crippen MR) is 93.6 cm³/mol. The highest BCUT2D eigenvalue weighted by atomic mass is 35.5. The van der Waals surface area contributed by atoms with E-state index >= 15 is 0 Å². The molecule has 1 aromatic heterocycles. The van der Waals surface area contributed by atoms with E-state index in [-0.39, 0.29) is 17.3 Å². The van der Waals surface area contributed by atoms with E-state index in [9.17, 15) is 8.42 Å². The molecule has 0 radical (unpaired) electrons. The van der Waals surface area contributed by atoms with Crippen molar-refractivity contribution in [3.63, 3.8) is 0 Å². The number of rotatable bonds is 6. The van der Waals surface area contributed by atoms with Gasteiger partial charge >= 0.3 is 0 Å². The molecule has 5 nitrogen and oxygen atoms in total. The summed E-state index contributed by atoms with van der Waals surface area (Å²) in [4.78, 5) is 7.52. The minimum atomic E-state index is -3.56. The normalized spacial score (nSPS) is 11.3. The van der Waals surface area contributed by atoms with Gasteiger partial charge in [0.05, 0.1) is 4.90 Å². The quantitative estimate of drug-likeness (QED) is 0.859. The molecule has 2 aromatic rings. The summed E-state index contributed by atoms with van der Waals surface area (Å²) >= 11 is 1.37. The van der Waals surface area contributed by atoms with Crippen molar-refractivity contribution in [3.8, 4) is 0 Å². The van der Waals surface area contributed by atoms with Crippen LogP contribution in [0.25, 0.3) is 0 Å². The first-order chi connectivity index (χ1) is 9.87. The second kappa shape index (κ2) is 7.92. The van der Waals surface area contributed by atoms with E-state index in [1.54, 1.807) is 30.5 Å². The maximum Gasteiger partial charge on any atom is 0.263 e. The van der Waals surface area contributed by atoms with Gasteiger partial charge in [-0.1, -0.05) is 17.7 Å². The molecule has 8 heteroatoms. The third-order valence-electron chi connectivity index (χ3n) is 2.91. The average molecular weight is 362 g/mol. The van der Waals surface area contributed by atoms with Crippen LogP contribution in [0.5, 0.6) is 0 Å². The molecule has 1 N–H and O–H groups in total. The Hall–Kier alpha value is -1.15. The standard InChI is InChI=1S/C14H19N3O2S2.ClH/c1-11-4-6-13(7-5-11)21(18,19)16-14-15-10-12(20-14)8-9-17(2)3;/h4-7,10H,8-9H2,1-3H3,(H,15,16);1H. The molecule has 0 fully saturated rings. The van der Waals surface area contributed by atoms with Crippen molar-refractivity contribution in [1.82, 2.24) is 9.88 Å². The second-order valence-corrected chi connectivity index (χ2v) is 7.90. The summed E-state index contributed by atoms with van der Waals surface area (Å²) in [6.07, 6.45) is 2.58. The number of nitrogens with one attached hydrogen (secondary N) is 1. The highest BCUT2D eigenvalue weighted by molar-refractivity contribution is 7.93. The van der Waals surface area contributed by atoms with Crippen LogP contribution in [-0.2, 0) is 16.4 Å². The smallest absolute Gasteiger partial charge is 0.263 e. The van der Waals surface area contributed by atoms with Crippen molar-refractivity contribution in [1.29, 1.82) is 0 Å². The van der Waals surface area contributed by atoms with E-state index in [4.69, 9.17) is 0 Å². The van der Waals surface area contributed by atoms with Gasteiger partial charge in [-0.15, -0.1) is 23.7 Å². The van der Waals surface area contributed by atoms with E-state index in [0.717, 1.165) is 23.4 Å². The maximum atomic E-state index is 12.2. The lowest BCUT2D eigenvalue weighted by Gasteiger charge is -2.07. The molecule has 0 aliphatic carbocycles. The highest BCUT2D eigenvalue weighted by Gasteiger charge is 2.15.